The van der Waals surface area contributed by atoms with Gasteiger partial charge in [-0.2, -0.15) is 0 Å². The number of amides is 1. The van der Waals surface area contributed by atoms with E-state index in [0.29, 0.717) is 33.6 Å². The summed E-state index contributed by atoms with van der Waals surface area (Å²) in [7, 11) is 0. The van der Waals surface area contributed by atoms with Crippen LogP contribution in [0.2, 0.25) is 0 Å². The molecule has 5 aromatic rings. The molecular formula is C33H26N4O5S. The lowest BCUT2D eigenvalue weighted by Crippen LogP contribution is -2.29. The van der Waals surface area contributed by atoms with Crippen molar-refractivity contribution in [1.82, 2.24) is 10.3 Å². The largest absolute Gasteiger partial charge is 0.484 e. The van der Waals surface area contributed by atoms with Gasteiger partial charge in [0.15, 0.2) is 11.7 Å². The lowest BCUT2D eigenvalue weighted by molar-refractivity contribution is -0.118. The van der Waals surface area contributed by atoms with Crippen molar-refractivity contribution in [3.63, 3.8) is 0 Å². The zero-order chi connectivity index (χ0) is 29.8. The number of thiocarbonyl (C=S) groups is 1. The highest BCUT2D eigenvalue weighted by molar-refractivity contribution is 7.80. The summed E-state index contributed by atoms with van der Waals surface area (Å²) < 4.78 is 11.9. The molecule has 3 N–H and O–H groups in total. The molecule has 6 rings (SSSR count). The zero-order valence-corrected chi connectivity index (χ0v) is 23.5. The van der Waals surface area contributed by atoms with Gasteiger partial charge in [0, 0.05) is 23.1 Å². The second-order valence-electron chi connectivity index (χ2n) is 9.78. The summed E-state index contributed by atoms with van der Waals surface area (Å²) in [4.78, 5) is 30.5. The molecule has 0 saturated carbocycles. The van der Waals surface area contributed by atoms with Gasteiger partial charge in [0.2, 0.25) is 0 Å². The maximum absolute atomic E-state index is 12.5. The molecule has 1 saturated heterocycles. The molecule has 3 heterocycles. The Bertz CT molecular complexity index is 1760. The van der Waals surface area contributed by atoms with Gasteiger partial charge in [-0.3, -0.25) is 9.78 Å². The van der Waals surface area contributed by atoms with Crippen LogP contribution in [-0.4, -0.2) is 33.7 Å². The normalized spacial score (nSPS) is 16.0. The van der Waals surface area contributed by atoms with Crippen LogP contribution < -0.4 is 20.3 Å². The Labute approximate surface area is 252 Å². The van der Waals surface area contributed by atoms with Crippen molar-refractivity contribution < 1.29 is 23.8 Å². The number of para-hydroxylation sites is 1. The Morgan fingerprint density at radius 3 is 2.49 bits per heavy atom. The van der Waals surface area contributed by atoms with Crippen molar-refractivity contribution in [2.75, 3.05) is 16.8 Å². The fraction of sp³-hybridized carbons (Fsp3) is 0.0909. The minimum Gasteiger partial charge on any atom is -0.484 e. The van der Waals surface area contributed by atoms with E-state index in [1.807, 2.05) is 65.6 Å². The van der Waals surface area contributed by atoms with Crippen LogP contribution >= 0.6 is 12.2 Å². The van der Waals surface area contributed by atoms with Crippen molar-refractivity contribution in [3.05, 3.63) is 132 Å². The summed E-state index contributed by atoms with van der Waals surface area (Å²) in [5.41, 5.74) is 3.00. The molecule has 1 fully saturated rings. The number of anilines is 2. The third kappa shape index (κ3) is 6.09. The molecule has 214 valence electrons. The molecule has 2 aromatic heterocycles. The first-order valence-electron chi connectivity index (χ1n) is 13.5. The lowest BCUT2D eigenvalue weighted by Gasteiger charge is -2.26. The number of nitrogens with zero attached hydrogens (tertiary/aromatic N) is 2. The Morgan fingerprint density at radius 2 is 1.74 bits per heavy atom. The topological polar surface area (TPSA) is 117 Å². The van der Waals surface area contributed by atoms with Crippen molar-refractivity contribution >= 4 is 40.6 Å². The van der Waals surface area contributed by atoms with Gasteiger partial charge in [-0.1, -0.05) is 36.4 Å². The number of carbonyl (C=O) groups is 2. The maximum Gasteiger partial charge on any atom is 0.335 e. The van der Waals surface area contributed by atoms with Crippen molar-refractivity contribution in [2.24, 2.45) is 0 Å². The molecule has 0 radical (unpaired) electrons. The van der Waals surface area contributed by atoms with Gasteiger partial charge in [-0.05, 0) is 85.0 Å². The van der Waals surface area contributed by atoms with Crippen LogP contribution in [-0.2, 0) is 4.79 Å². The van der Waals surface area contributed by atoms with E-state index in [2.05, 4.69) is 15.6 Å². The molecule has 1 aliphatic rings. The number of aromatic nitrogens is 1. The van der Waals surface area contributed by atoms with Gasteiger partial charge in [-0.15, -0.1) is 0 Å². The van der Waals surface area contributed by atoms with Gasteiger partial charge < -0.3 is 29.8 Å². The summed E-state index contributed by atoms with van der Waals surface area (Å²) in [6.07, 6.45) is 1.73. The van der Waals surface area contributed by atoms with Gasteiger partial charge in [0.1, 0.15) is 23.3 Å². The first kappa shape index (κ1) is 27.7. The fourth-order valence-corrected chi connectivity index (χ4v) is 5.31. The van der Waals surface area contributed by atoms with Crippen molar-refractivity contribution in [1.29, 1.82) is 0 Å². The number of ether oxygens (including phenoxy) is 1. The monoisotopic (exact) mass is 590 g/mol. The Hall–Kier alpha value is -5.48. The number of rotatable bonds is 9. The number of carboxylic acid groups (broad SMARTS) is 1. The van der Waals surface area contributed by atoms with Crippen LogP contribution in [0.3, 0.4) is 0 Å². The van der Waals surface area contributed by atoms with E-state index in [4.69, 9.17) is 21.4 Å². The molecule has 9 nitrogen and oxygen atoms in total. The number of furan rings is 1. The number of carbonyl (C=O) groups excluding carboxylic acids is 1. The number of hydrogen-bond acceptors (Lipinski definition) is 6. The lowest BCUT2D eigenvalue weighted by atomic mass is 10.0. The van der Waals surface area contributed by atoms with Crippen LogP contribution in [0.25, 0.3) is 11.3 Å². The molecule has 0 aliphatic carbocycles. The molecule has 3 aromatic carbocycles. The number of hydrogen-bond donors (Lipinski definition) is 3. The number of carboxylic acids is 1. The van der Waals surface area contributed by atoms with Crippen molar-refractivity contribution in [3.8, 4) is 17.1 Å². The van der Waals surface area contributed by atoms with E-state index in [1.54, 1.807) is 48.7 Å². The highest BCUT2D eigenvalue weighted by atomic mass is 32.1. The Balaban J connectivity index is 1.26. The quantitative estimate of drug-likeness (QED) is 0.172. The predicted octanol–water partition coefficient (Wildman–Crippen LogP) is 6.23. The van der Waals surface area contributed by atoms with E-state index >= 15 is 0 Å². The summed E-state index contributed by atoms with van der Waals surface area (Å²) in [6.45, 7) is -0.115. The van der Waals surface area contributed by atoms with E-state index < -0.39 is 12.0 Å². The fourth-order valence-electron chi connectivity index (χ4n) is 4.96. The number of nitrogens with one attached hydrogen (secondary N) is 2. The number of pyridine rings is 1. The molecule has 10 heteroatoms. The average molecular weight is 591 g/mol. The van der Waals surface area contributed by atoms with Gasteiger partial charge in [-0.25, -0.2) is 4.79 Å². The van der Waals surface area contributed by atoms with Gasteiger partial charge in [0.05, 0.1) is 17.3 Å². The summed E-state index contributed by atoms with van der Waals surface area (Å²) in [5, 5.41) is 16.2. The third-order valence-corrected chi connectivity index (χ3v) is 7.27. The summed E-state index contributed by atoms with van der Waals surface area (Å²) in [5.74, 6) is 0.481. The summed E-state index contributed by atoms with van der Waals surface area (Å²) in [6, 6.07) is 31.7. The third-order valence-electron chi connectivity index (χ3n) is 6.95. The Kier molecular flexibility index (Phi) is 7.84. The molecule has 2 atom stereocenters. The molecule has 0 spiro atoms. The molecule has 1 amide bonds. The molecule has 43 heavy (non-hydrogen) atoms. The van der Waals surface area contributed by atoms with Crippen LogP contribution in [0.5, 0.6) is 5.75 Å². The molecule has 0 bridgehead atoms. The van der Waals surface area contributed by atoms with Crippen LogP contribution in [0.15, 0.2) is 120 Å². The standard InChI is InChI=1S/C33H26N4O5S/c38-29(20-41-25-9-2-1-3-10-25)35-23-12-14-24(15-13-23)37-31(30(36-33(37)43)26-11-4-5-18-34-26)28-17-16-27(42-28)21-7-6-8-22(19-21)32(39)40/h1-19,30-31H,20H2,(H,35,38)(H,36,43)(H,39,40)/t30-,31-/m1/s1. The van der Waals surface area contributed by atoms with E-state index in [1.165, 1.54) is 6.07 Å². The van der Waals surface area contributed by atoms with E-state index in [0.717, 1.165) is 11.4 Å². The van der Waals surface area contributed by atoms with E-state index in [9.17, 15) is 14.7 Å². The molecule has 1 aliphatic heterocycles. The van der Waals surface area contributed by atoms with Crippen LogP contribution in [0.1, 0.15) is 33.9 Å². The highest BCUT2D eigenvalue weighted by Gasteiger charge is 2.42. The second kappa shape index (κ2) is 12.2. The second-order valence-corrected chi connectivity index (χ2v) is 10.2. The summed E-state index contributed by atoms with van der Waals surface area (Å²) >= 11 is 5.80. The Morgan fingerprint density at radius 1 is 0.953 bits per heavy atom. The number of aromatic carboxylic acids is 1. The SMILES string of the molecule is O=C(COc1ccccc1)Nc1ccc(N2C(=S)N[C@H](c3ccccn3)[C@H]2c2ccc(-c3cccc(C(=O)O)c3)o2)cc1. The minimum absolute atomic E-state index is 0.115. The first-order chi connectivity index (χ1) is 21.0. The zero-order valence-electron chi connectivity index (χ0n) is 22.7. The highest BCUT2D eigenvalue weighted by Crippen LogP contribution is 2.43. The van der Waals surface area contributed by atoms with E-state index in [-0.39, 0.29) is 24.1 Å². The minimum atomic E-state index is -1.01. The smallest absolute Gasteiger partial charge is 0.335 e. The van der Waals surface area contributed by atoms with Crippen molar-refractivity contribution in [2.45, 2.75) is 12.1 Å². The predicted molar refractivity (Wildman–Crippen MR) is 166 cm³/mol. The first-order valence-corrected chi connectivity index (χ1v) is 13.9. The molecular weight excluding hydrogens is 564 g/mol. The van der Waals surface area contributed by atoms with Crippen LogP contribution in [0, 0.1) is 0 Å². The number of benzene rings is 3. The van der Waals surface area contributed by atoms with Gasteiger partial charge in [0.25, 0.3) is 5.91 Å². The van der Waals surface area contributed by atoms with Gasteiger partial charge >= 0.3 is 5.97 Å². The molecule has 0 unspecified atom stereocenters. The average Bonchev–Trinajstić information content (AvgIpc) is 3.66. The van der Waals surface area contributed by atoms with Crippen LogP contribution in [0.4, 0.5) is 11.4 Å². The maximum atomic E-state index is 12.5.